The summed E-state index contributed by atoms with van der Waals surface area (Å²) in [6.45, 7) is 4.42. The maximum absolute atomic E-state index is 2.37. The molecule has 0 amide bonds. The summed E-state index contributed by atoms with van der Waals surface area (Å²) in [5, 5.41) is 0. The summed E-state index contributed by atoms with van der Waals surface area (Å²) in [6.07, 6.45) is 9.41. The molecule has 0 aliphatic rings. The number of hydrogen-bond acceptors (Lipinski definition) is 2. The number of hydrogen-bond donors (Lipinski definition) is 0. The standard InChI is InChI=1S/C27H30S2/c1-3-4-5-6-7-8-9-21-12-16-23(17-13-21)25-19-27-26(29-25)18-24(28-27)22-14-10-20(2)11-15-22/h10-19H,3-9H2,1-2H3. The van der Waals surface area contributed by atoms with Gasteiger partial charge in [-0.1, -0.05) is 93.1 Å². The number of rotatable bonds is 9. The Morgan fingerprint density at radius 1 is 0.621 bits per heavy atom. The summed E-state index contributed by atoms with van der Waals surface area (Å²) >= 11 is 3.82. The predicted molar refractivity (Wildman–Crippen MR) is 132 cm³/mol. The third kappa shape index (κ3) is 5.18. The molecule has 0 N–H and O–H groups in total. The maximum atomic E-state index is 2.37. The number of unbranched alkanes of at least 4 members (excludes halogenated alkanes) is 5. The Morgan fingerprint density at radius 2 is 1.14 bits per heavy atom. The fourth-order valence-corrected chi connectivity index (χ4v) is 6.19. The molecule has 0 unspecified atom stereocenters. The lowest BCUT2D eigenvalue weighted by Gasteiger charge is -2.04. The van der Waals surface area contributed by atoms with Crippen molar-refractivity contribution in [3.8, 4) is 20.9 Å². The molecule has 2 heteroatoms. The largest absolute Gasteiger partial charge is 0.134 e. The monoisotopic (exact) mass is 418 g/mol. The topological polar surface area (TPSA) is 0 Å². The predicted octanol–water partition coefficient (Wildman–Crippen LogP) is 9.51. The molecule has 0 spiro atoms. The van der Waals surface area contributed by atoms with E-state index in [-0.39, 0.29) is 0 Å². The van der Waals surface area contributed by atoms with Crippen LogP contribution in [0.4, 0.5) is 0 Å². The highest BCUT2D eigenvalue weighted by Crippen LogP contribution is 2.41. The van der Waals surface area contributed by atoms with Crippen molar-refractivity contribution in [2.45, 2.75) is 58.8 Å². The molecule has 2 heterocycles. The first-order valence-electron chi connectivity index (χ1n) is 10.9. The molecule has 0 saturated carbocycles. The van der Waals surface area contributed by atoms with Crippen LogP contribution in [0, 0.1) is 6.92 Å². The van der Waals surface area contributed by atoms with Crippen LogP contribution < -0.4 is 0 Å². The van der Waals surface area contributed by atoms with Gasteiger partial charge < -0.3 is 0 Å². The van der Waals surface area contributed by atoms with E-state index in [2.05, 4.69) is 74.5 Å². The average molecular weight is 419 g/mol. The highest BCUT2D eigenvalue weighted by Gasteiger charge is 2.10. The van der Waals surface area contributed by atoms with Crippen LogP contribution in [-0.2, 0) is 6.42 Å². The summed E-state index contributed by atoms with van der Waals surface area (Å²) in [6, 6.07) is 22.8. The van der Waals surface area contributed by atoms with Crippen LogP contribution in [-0.4, -0.2) is 0 Å². The van der Waals surface area contributed by atoms with Crippen LogP contribution in [0.25, 0.3) is 30.3 Å². The van der Waals surface area contributed by atoms with Crippen molar-refractivity contribution in [2.75, 3.05) is 0 Å². The second kappa shape index (κ2) is 9.73. The zero-order valence-electron chi connectivity index (χ0n) is 17.5. The zero-order valence-corrected chi connectivity index (χ0v) is 19.2. The molecular formula is C27H30S2. The van der Waals surface area contributed by atoms with Gasteiger partial charge >= 0.3 is 0 Å². The normalized spacial score (nSPS) is 11.4. The first-order chi connectivity index (χ1) is 14.2. The van der Waals surface area contributed by atoms with E-state index < -0.39 is 0 Å². The summed E-state index contributed by atoms with van der Waals surface area (Å²) < 4.78 is 2.80. The lowest BCUT2D eigenvalue weighted by Crippen LogP contribution is -1.86. The van der Waals surface area contributed by atoms with Crippen molar-refractivity contribution < 1.29 is 0 Å². The third-order valence-corrected chi connectivity index (χ3v) is 7.99. The smallest absolute Gasteiger partial charge is 0.0463 e. The van der Waals surface area contributed by atoms with Crippen molar-refractivity contribution in [2.24, 2.45) is 0 Å². The Balaban J connectivity index is 1.39. The van der Waals surface area contributed by atoms with Gasteiger partial charge in [-0.25, -0.2) is 0 Å². The molecule has 150 valence electrons. The Morgan fingerprint density at radius 3 is 1.72 bits per heavy atom. The van der Waals surface area contributed by atoms with Crippen LogP contribution in [0.5, 0.6) is 0 Å². The van der Waals surface area contributed by atoms with Crippen LogP contribution in [0.2, 0.25) is 0 Å². The lowest BCUT2D eigenvalue weighted by molar-refractivity contribution is 0.607. The highest BCUT2D eigenvalue weighted by molar-refractivity contribution is 7.31. The Bertz CT molecular complexity index is 1000. The average Bonchev–Trinajstić information content (AvgIpc) is 3.31. The summed E-state index contributed by atoms with van der Waals surface area (Å²) in [4.78, 5) is 2.75. The van der Waals surface area contributed by atoms with Crippen molar-refractivity contribution >= 4 is 32.1 Å². The minimum Gasteiger partial charge on any atom is -0.134 e. The van der Waals surface area contributed by atoms with E-state index in [0.717, 1.165) is 0 Å². The zero-order chi connectivity index (χ0) is 20.1. The second-order valence-electron chi connectivity index (χ2n) is 8.03. The first kappa shape index (κ1) is 20.4. The third-order valence-electron chi connectivity index (χ3n) is 5.60. The molecule has 0 bridgehead atoms. The molecule has 2 aromatic carbocycles. The van der Waals surface area contributed by atoms with Gasteiger partial charge in [-0.2, -0.15) is 0 Å². The van der Waals surface area contributed by atoms with Gasteiger partial charge in [0.05, 0.1) is 0 Å². The molecule has 4 rings (SSSR count). The van der Waals surface area contributed by atoms with E-state index in [9.17, 15) is 0 Å². The summed E-state index contributed by atoms with van der Waals surface area (Å²) in [5.74, 6) is 0. The van der Waals surface area contributed by atoms with Gasteiger partial charge in [-0.15, -0.1) is 22.7 Å². The van der Waals surface area contributed by atoms with Crippen molar-refractivity contribution in [3.63, 3.8) is 0 Å². The fourth-order valence-electron chi connectivity index (χ4n) is 3.78. The molecule has 0 saturated heterocycles. The maximum Gasteiger partial charge on any atom is 0.0463 e. The minimum atomic E-state index is 1.21. The molecule has 0 nitrogen and oxygen atoms in total. The van der Waals surface area contributed by atoms with E-state index in [1.807, 2.05) is 22.7 Å². The lowest BCUT2D eigenvalue weighted by atomic mass is 10.0. The van der Waals surface area contributed by atoms with Gasteiger partial charge in [0.1, 0.15) is 0 Å². The van der Waals surface area contributed by atoms with Gasteiger partial charge in [0.25, 0.3) is 0 Å². The molecule has 0 fully saturated rings. The van der Waals surface area contributed by atoms with E-state index in [0.29, 0.717) is 0 Å². The van der Waals surface area contributed by atoms with Gasteiger partial charge in [-0.05, 0) is 48.6 Å². The van der Waals surface area contributed by atoms with E-state index >= 15 is 0 Å². The number of aryl methyl sites for hydroxylation is 2. The molecular weight excluding hydrogens is 388 g/mol. The van der Waals surface area contributed by atoms with Gasteiger partial charge in [0.2, 0.25) is 0 Å². The van der Waals surface area contributed by atoms with Gasteiger partial charge in [0.15, 0.2) is 0 Å². The van der Waals surface area contributed by atoms with Crippen LogP contribution in [0.1, 0.15) is 56.6 Å². The molecule has 0 radical (unpaired) electrons. The van der Waals surface area contributed by atoms with Gasteiger partial charge in [-0.3, -0.25) is 0 Å². The Labute approximate surface area is 183 Å². The Hall–Kier alpha value is -1.90. The molecule has 0 aliphatic carbocycles. The van der Waals surface area contributed by atoms with Crippen molar-refractivity contribution in [1.29, 1.82) is 0 Å². The summed E-state index contributed by atoms with van der Waals surface area (Å²) in [7, 11) is 0. The van der Waals surface area contributed by atoms with Crippen LogP contribution >= 0.6 is 22.7 Å². The van der Waals surface area contributed by atoms with Crippen molar-refractivity contribution in [3.05, 3.63) is 71.8 Å². The quantitative estimate of drug-likeness (QED) is 0.237. The van der Waals surface area contributed by atoms with Crippen LogP contribution in [0.3, 0.4) is 0 Å². The number of benzene rings is 2. The highest BCUT2D eigenvalue weighted by atomic mass is 32.1. The molecule has 2 aromatic heterocycles. The van der Waals surface area contributed by atoms with E-state index in [1.54, 1.807) is 0 Å². The molecule has 4 aromatic rings. The Kier molecular flexibility index (Phi) is 6.84. The number of fused-ring (bicyclic) bond motifs is 1. The SMILES string of the molecule is CCCCCCCCc1ccc(-c2cc3sc(-c4ccc(C)cc4)cc3s2)cc1. The number of thiophene rings is 2. The molecule has 29 heavy (non-hydrogen) atoms. The summed E-state index contributed by atoms with van der Waals surface area (Å²) in [5.41, 5.74) is 5.46. The molecule has 0 atom stereocenters. The fraction of sp³-hybridized carbons (Fsp3) is 0.333. The van der Waals surface area contributed by atoms with E-state index in [1.165, 1.54) is 86.4 Å². The molecule has 0 aliphatic heterocycles. The van der Waals surface area contributed by atoms with Gasteiger partial charge in [0, 0.05) is 19.2 Å². The minimum absolute atomic E-state index is 1.21. The second-order valence-corrected chi connectivity index (χ2v) is 10.2. The van der Waals surface area contributed by atoms with Crippen LogP contribution in [0.15, 0.2) is 60.7 Å². The first-order valence-corrected chi connectivity index (χ1v) is 12.6. The van der Waals surface area contributed by atoms with E-state index in [4.69, 9.17) is 0 Å². The van der Waals surface area contributed by atoms with Crippen molar-refractivity contribution in [1.82, 2.24) is 0 Å².